The molecule has 5 nitrogen and oxygen atoms in total. The van der Waals surface area contributed by atoms with E-state index < -0.39 is 10.0 Å². The summed E-state index contributed by atoms with van der Waals surface area (Å²) in [4.78, 5) is 4.01. The van der Waals surface area contributed by atoms with E-state index in [9.17, 15) is 8.42 Å². The summed E-state index contributed by atoms with van der Waals surface area (Å²) >= 11 is 0. The largest absolute Gasteiger partial charge is 0.384 e. The number of hydrogen-bond donors (Lipinski definition) is 2. The lowest BCUT2D eigenvalue weighted by atomic mass is 9.67. The minimum Gasteiger partial charge on any atom is -0.384 e. The Morgan fingerprint density at radius 1 is 1.43 bits per heavy atom. The third-order valence-electron chi connectivity index (χ3n) is 4.14. The minimum absolute atomic E-state index is 0.109. The lowest BCUT2D eigenvalue weighted by molar-refractivity contribution is 0.133. The maximum atomic E-state index is 12.3. The number of rotatable bonds is 5. The van der Waals surface area contributed by atoms with Crippen molar-refractivity contribution in [1.29, 1.82) is 0 Å². The molecule has 1 aromatic heterocycles. The van der Waals surface area contributed by atoms with Gasteiger partial charge in [-0.25, -0.2) is 13.1 Å². The van der Waals surface area contributed by atoms with Crippen LogP contribution in [0.2, 0.25) is 0 Å². The molecule has 0 saturated heterocycles. The summed E-state index contributed by atoms with van der Waals surface area (Å²) in [5.41, 5.74) is 0.593. The molecule has 1 aliphatic rings. The highest BCUT2D eigenvalue weighted by Crippen LogP contribution is 2.43. The first-order valence-corrected chi connectivity index (χ1v) is 8.54. The van der Waals surface area contributed by atoms with Crippen LogP contribution < -0.4 is 4.72 Å². The van der Waals surface area contributed by atoms with Gasteiger partial charge in [-0.15, -0.1) is 0 Å². The fourth-order valence-corrected chi connectivity index (χ4v) is 3.58. The summed E-state index contributed by atoms with van der Waals surface area (Å²) < 4.78 is 27.3. The summed E-state index contributed by atoms with van der Waals surface area (Å²) in [7, 11) is -3.57. The molecule has 1 aromatic rings. The normalized spacial score (nSPS) is 16.7. The molecular weight excluding hydrogens is 288 g/mol. The third kappa shape index (κ3) is 3.82. The highest BCUT2D eigenvalue weighted by molar-refractivity contribution is 7.89. The molecule has 0 aromatic carbocycles. The van der Waals surface area contributed by atoms with Crippen molar-refractivity contribution < 1.29 is 13.5 Å². The zero-order valence-corrected chi connectivity index (χ0v) is 12.9. The lowest BCUT2D eigenvalue weighted by Gasteiger charge is -2.41. The second kappa shape index (κ2) is 6.56. The Kier molecular flexibility index (Phi) is 4.99. The van der Waals surface area contributed by atoms with Gasteiger partial charge in [-0.1, -0.05) is 25.2 Å². The molecule has 21 heavy (non-hydrogen) atoms. The van der Waals surface area contributed by atoms with Crippen molar-refractivity contribution in [2.24, 2.45) is 5.41 Å². The van der Waals surface area contributed by atoms with Gasteiger partial charge in [0.05, 0.1) is 0 Å². The van der Waals surface area contributed by atoms with Gasteiger partial charge in [-0.3, -0.25) is 4.98 Å². The molecule has 1 saturated carbocycles. The molecular formula is C15H20N2O3S. The summed E-state index contributed by atoms with van der Waals surface area (Å²) in [5.74, 6) is 5.14. The molecule has 1 heterocycles. The van der Waals surface area contributed by atoms with E-state index in [1.165, 1.54) is 24.9 Å². The van der Waals surface area contributed by atoms with Crippen LogP contribution in [-0.2, 0) is 10.0 Å². The van der Waals surface area contributed by atoms with Crippen LogP contribution in [0.3, 0.4) is 0 Å². The first kappa shape index (κ1) is 16.0. The van der Waals surface area contributed by atoms with Gasteiger partial charge in [0.1, 0.15) is 11.5 Å². The lowest BCUT2D eigenvalue weighted by Crippen LogP contribution is -2.41. The Balaban J connectivity index is 2.12. The molecule has 0 amide bonds. The number of pyridine rings is 1. The molecule has 0 radical (unpaired) electrons. The maximum absolute atomic E-state index is 12.3. The number of sulfonamides is 1. The van der Waals surface area contributed by atoms with Gasteiger partial charge < -0.3 is 5.11 Å². The van der Waals surface area contributed by atoms with E-state index in [4.69, 9.17) is 5.11 Å². The van der Waals surface area contributed by atoms with Crippen LogP contribution in [0.5, 0.6) is 0 Å². The molecule has 6 heteroatoms. The van der Waals surface area contributed by atoms with Gasteiger partial charge in [0, 0.05) is 24.5 Å². The molecule has 0 unspecified atom stereocenters. The van der Waals surface area contributed by atoms with Crippen LogP contribution in [0.25, 0.3) is 0 Å². The van der Waals surface area contributed by atoms with Crippen molar-refractivity contribution in [2.75, 3.05) is 13.2 Å². The van der Waals surface area contributed by atoms with Gasteiger partial charge in [-0.05, 0) is 30.7 Å². The van der Waals surface area contributed by atoms with Gasteiger partial charge in [0.15, 0.2) is 0 Å². The summed E-state index contributed by atoms with van der Waals surface area (Å²) in [6.07, 6.45) is 7.09. The Bertz CT molecular complexity index is 649. The molecule has 114 valence electrons. The van der Waals surface area contributed by atoms with Crippen LogP contribution in [-0.4, -0.2) is 31.7 Å². The number of nitrogens with one attached hydrogen (secondary N) is 1. The van der Waals surface area contributed by atoms with E-state index in [1.807, 2.05) is 0 Å². The van der Waals surface area contributed by atoms with Crippen LogP contribution in [0.4, 0.5) is 0 Å². The second-order valence-corrected chi connectivity index (χ2v) is 7.17. The van der Waals surface area contributed by atoms with Gasteiger partial charge in [0.25, 0.3) is 0 Å². The fraction of sp³-hybridized carbons (Fsp3) is 0.533. The average molecular weight is 308 g/mol. The zero-order valence-electron chi connectivity index (χ0n) is 12.1. The van der Waals surface area contributed by atoms with Gasteiger partial charge in [-0.2, -0.15) is 0 Å². The van der Waals surface area contributed by atoms with Crippen molar-refractivity contribution in [3.05, 3.63) is 24.0 Å². The van der Waals surface area contributed by atoms with E-state index in [0.29, 0.717) is 12.1 Å². The fourth-order valence-electron chi connectivity index (χ4n) is 2.44. The van der Waals surface area contributed by atoms with Crippen molar-refractivity contribution in [2.45, 2.75) is 37.5 Å². The smallest absolute Gasteiger partial charge is 0.242 e. The molecule has 2 rings (SSSR count). The number of aliphatic hydroxyl groups is 1. The van der Waals surface area contributed by atoms with E-state index in [2.05, 4.69) is 28.5 Å². The Labute approximate surface area is 125 Å². The summed E-state index contributed by atoms with van der Waals surface area (Å²) in [6.45, 7) is 2.30. The van der Waals surface area contributed by atoms with Crippen LogP contribution in [0, 0.1) is 17.3 Å². The monoisotopic (exact) mass is 308 g/mol. The quantitative estimate of drug-likeness (QED) is 0.803. The second-order valence-electron chi connectivity index (χ2n) is 5.40. The zero-order chi connectivity index (χ0) is 15.3. The predicted molar refractivity (Wildman–Crippen MR) is 80.0 cm³/mol. The summed E-state index contributed by atoms with van der Waals surface area (Å²) in [5, 5.41) is 8.67. The number of aromatic nitrogens is 1. The number of hydrogen-bond acceptors (Lipinski definition) is 4. The Morgan fingerprint density at radius 3 is 2.76 bits per heavy atom. The third-order valence-corrected chi connectivity index (χ3v) is 5.50. The minimum atomic E-state index is -3.57. The van der Waals surface area contributed by atoms with Crippen molar-refractivity contribution in [3.63, 3.8) is 0 Å². The molecule has 0 atom stereocenters. The van der Waals surface area contributed by atoms with Gasteiger partial charge in [0.2, 0.25) is 10.0 Å². The summed E-state index contributed by atoms with van der Waals surface area (Å²) in [6, 6.07) is 1.47. The van der Waals surface area contributed by atoms with E-state index in [0.717, 1.165) is 19.3 Å². The Morgan fingerprint density at radius 2 is 2.19 bits per heavy atom. The van der Waals surface area contributed by atoms with Crippen LogP contribution in [0.15, 0.2) is 23.4 Å². The maximum Gasteiger partial charge on any atom is 0.242 e. The average Bonchev–Trinajstić information content (AvgIpc) is 2.45. The van der Waals surface area contributed by atoms with E-state index in [1.54, 1.807) is 0 Å². The topological polar surface area (TPSA) is 79.3 Å². The first-order valence-electron chi connectivity index (χ1n) is 7.06. The molecule has 0 bridgehead atoms. The number of nitrogens with zero attached hydrogens (tertiary/aromatic N) is 1. The van der Waals surface area contributed by atoms with Gasteiger partial charge >= 0.3 is 0 Å². The molecule has 0 spiro atoms. The Hall–Kier alpha value is -1.42. The van der Waals surface area contributed by atoms with Crippen molar-refractivity contribution in [3.8, 4) is 11.8 Å². The molecule has 1 aliphatic carbocycles. The van der Waals surface area contributed by atoms with E-state index in [-0.39, 0.29) is 16.9 Å². The molecule has 0 aliphatic heterocycles. The van der Waals surface area contributed by atoms with Crippen LogP contribution in [0.1, 0.15) is 38.2 Å². The molecule has 2 N–H and O–H groups in total. The standard InChI is InChI=1S/C15H20N2O3S/c1-2-15(6-4-7-15)12-17-21(19,20)14-9-13(5-3-8-18)10-16-11-14/h9-11,17-18H,2,4,6-8,12H2,1H3. The van der Waals surface area contributed by atoms with Crippen molar-refractivity contribution in [1.82, 2.24) is 9.71 Å². The van der Waals surface area contributed by atoms with E-state index >= 15 is 0 Å². The highest BCUT2D eigenvalue weighted by atomic mass is 32.2. The number of aliphatic hydroxyl groups excluding tert-OH is 1. The van der Waals surface area contributed by atoms with Crippen molar-refractivity contribution >= 4 is 10.0 Å². The SMILES string of the molecule is CCC1(CNS(=O)(=O)c2cncc(C#CCO)c2)CCC1. The predicted octanol–water partition coefficient (Wildman–Crippen LogP) is 1.28. The van der Waals surface area contributed by atoms with Crippen LogP contribution >= 0.6 is 0 Å². The highest BCUT2D eigenvalue weighted by Gasteiger charge is 2.36. The first-order chi connectivity index (χ1) is 10.0. The molecule has 1 fully saturated rings.